The molecule has 1 heterocycles. The highest BCUT2D eigenvalue weighted by molar-refractivity contribution is 8.26. The minimum absolute atomic E-state index is 0. The number of nitrogens with two attached hydrogens (primary N) is 1. The van der Waals surface area contributed by atoms with E-state index in [0.29, 0.717) is 53.3 Å². The molecule has 0 fully saturated rings. The number of hydrogen-bond donors (Lipinski definition) is 6. The number of fused-ring (bicyclic) bond motifs is 1. The van der Waals surface area contributed by atoms with Crippen molar-refractivity contribution in [3.8, 4) is 23.0 Å². The first-order chi connectivity index (χ1) is 48.7. The van der Waals surface area contributed by atoms with E-state index >= 15 is 0 Å². The maximum Gasteiger partial charge on any atom is 0.335 e. The van der Waals surface area contributed by atoms with Crippen LogP contribution in [0.5, 0.6) is 11.5 Å². The van der Waals surface area contributed by atoms with Crippen LogP contribution in [0.3, 0.4) is 0 Å². The van der Waals surface area contributed by atoms with Crippen LogP contribution < -0.4 is 20.5 Å². The number of carbonyl (C=O) groups is 3. The predicted molar refractivity (Wildman–Crippen MR) is 425 cm³/mol. The van der Waals surface area contributed by atoms with Crippen LogP contribution in [0, 0.1) is 0 Å². The number of nitrogens with zero attached hydrogens (tertiary/aromatic N) is 2. The Morgan fingerprint density at radius 2 is 0.794 bits per heavy atom. The highest BCUT2D eigenvalue weighted by Gasteiger charge is 2.09. The first-order valence-corrected chi connectivity index (χ1v) is 33.7. The maximum absolute atomic E-state index is 11.9. The maximum atomic E-state index is 11.9. The van der Waals surface area contributed by atoms with Crippen molar-refractivity contribution in [1.29, 1.82) is 0 Å². The Labute approximate surface area is 634 Å². The lowest BCUT2D eigenvalue weighted by Crippen LogP contribution is -2.21. The standard InChI is InChI=1S/C14H13NO2.C13H9NO.C7H5ClO.C7H9NO.C7H6O2.C6H15N.2C3H8O2.4C2H6O.CH2Cl2.3CH4O.CH4.Cl2OS/c1-17-13-10-6-5-9-12(13)15-14(16)11-7-3-2-4-8-11;1-2-6-10(7-3-1)13-14-11-8-4-5-9-12(11)15-13;8-7(9)6-4-2-1-3-5-6;1-9-7-5-3-2-4-6(7)8;8-7(9)6-4-2-1-3-5-6;1-4-7(5-2)6-3;2*1-4-3-5-2;4*1-3-2;2-1-3;3*1-2;;1-4(2)3/h2-10H,1H3,(H,15,16);1-9H;1-5H;2-5H,8H2,1H3;1-5H,(H,8,9);4-6H2,1-3H3;2*3H2,1-2H3;4*1-2H3;1H2;3*2H,1H3;1H4;. The molecule has 0 spiro atoms. The number of benzene rings is 7. The number of para-hydroxylation sites is 6. The summed E-state index contributed by atoms with van der Waals surface area (Å²) in [7, 11) is 32.9. The van der Waals surface area contributed by atoms with E-state index in [0.717, 1.165) is 43.7 Å². The van der Waals surface area contributed by atoms with Crippen molar-refractivity contribution in [2.24, 2.45) is 0 Å². The molecule has 1 amide bonds. The van der Waals surface area contributed by atoms with E-state index in [1.165, 1.54) is 19.6 Å². The molecular formula is C73H115Cl5N4O19S. The van der Waals surface area contributed by atoms with Gasteiger partial charge >= 0.3 is 5.97 Å². The van der Waals surface area contributed by atoms with Crippen molar-refractivity contribution in [3.63, 3.8) is 0 Å². The SMILES string of the molecule is C.CCN(CC)CC.CO.CO.CO.COC.COC.COC.COC.COCOC.COCOC.COc1ccccc1N.COc1ccccc1NC(=O)c1ccccc1.ClCCl.O=C(Cl)c1ccccc1.O=C(O)c1ccccc1.O=S(Cl)Cl.c1ccc(-c2nc3ccccc3o2)cc1. The monoisotopic (exact) mass is 1560 g/mol. The molecule has 8 rings (SSSR count). The number of nitrogens with one attached hydrogen (secondary N) is 1. The van der Waals surface area contributed by atoms with Gasteiger partial charge < -0.3 is 88.2 Å². The van der Waals surface area contributed by atoms with Crippen LogP contribution >= 0.6 is 56.2 Å². The highest BCUT2D eigenvalue weighted by Crippen LogP contribution is 2.25. The number of alkyl halides is 2. The number of carboxylic acid groups (broad SMARTS) is 1. The van der Waals surface area contributed by atoms with Crippen molar-refractivity contribution in [2.75, 3.05) is 170 Å². The number of carboxylic acids is 1. The summed E-state index contributed by atoms with van der Waals surface area (Å²) in [5.41, 5.74) is 11.1. The van der Waals surface area contributed by atoms with Crippen molar-refractivity contribution in [1.82, 2.24) is 9.88 Å². The lowest BCUT2D eigenvalue weighted by Gasteiger charge is -2.13. The molecule has 7 N–H and O–H groups in total. The lowest BCUT2D eigenvalue weighted by atomic mass is 10.2. The molecule has 0 saturated carbocycles. The average molecular weight is 1560 g/mol. The number of aliphatic hydroxyl groups excluding tert-OH is 3. The Balaban J connectivity index is -0.000000116. The zero-order chi connectivity index (χ0) is 79.3. The number of aliphatic hydroxyl groups is 3. The second kappa shape index (κ2) is 96.2. The van der Waals surface area contributed by atoms with Crippen molar-refractivity contribution in [3.05, 3.63) is 211 Å². The first kappa shape index (κ1) is 116. The lowest BCUT2D eigenvalue weighted by molar-refractivity contribution is -0.00282. The van der Waals surface area contributed by atoms with Gasteiger partial charge in [0, 0.05) is 145 Å². The topological polar surface area (TPSA) is 309 Å². The first-order valence-electron chi connectivity index (χ1n) is 29.5. The van der Waals surface area contributed by atoms with Gasteiger partial charge in [-0.15, -0.1) is 23.2 Å². The third-order valence-electron chi connectivity index (χ3n) is 9.68. The van der Waals surface area contributed by atoms with E-state index in [2.05, 4.69) is 95.2 Å². The molecule has 0 radical (unpaired) electrons. The van der Waals surface area contributed by atoms with Gasteiger partial charge in [-0.1, -0.05) is 150 Å². The minimum Gasteiger partial charge on any atom is -0.495 e. The zero-order valence-corrected chi connectivity index (χ0v) is 66.5. The van der Waals surface area contributed by atoms with E-state index in [1.54, 1.807) is 184 Å². The normalized spacial score (nSPS) is 8.49. The summed E-state index contributed by atoms with van der Waals surface area (Å²) >= 11 is 14.7. The number of amides is 1. The smallest absolute Gasteiger partial charge is 0.335 e. The molecule has 582 valence electrons. The fraction of sp³-hybridized carbons (Fsp3) is 0.370. The van der Waals surface area contributed by atoms with E-state index < -0.39 is 20.4 Å². The average Bonchev–Trinajstić information content (AvgIpc) is 1.68. The zero-order valence-electron chi connectivity index (χ0n) is 61.9. The Kier molecular flexibility index (Phi) is 110. The number of anilines is 2. The molecule has 0 unspecified atom stereocenters. The van der Waals surface area contributed by atoms with Crippen LogP contribution in [0.25, 0.3) is 22.6 Å². The number of rotatable bonds is 14. The quantitative estimate of drug-likeness (QED) is 0.0255. The van der Waals surface area contributed by atoms with E-state index in [-0.39, 0.29) is 18.7 Å². The number of halogens is 5. The summed E-state index contributed by atoms with van der Waals surface area (Å²) < 4.78 is 59.7. The van der Waals surface area contributed by atoms with E-state index in [4.69, 9.17) is 79.1 Å². The molecule has 0 aliphatic heterocycles. The molecule has 102 heavy (non-hydrogen) atoms. The largest absolute Gasteiger partial charge is 0.495 e. The third-order valence-corrected chi connectivity index (χ3v) is 9.90. The third kappa shape index (κ3) is 78.9. The molecule has 1 aromatic heterocycles. The van der Waals surface area contributed by atoms with Crippen LogP contribution in [0.1, 0.15) is 59.3 Å². The molecule has 8 aromatic rings. The minimum atomic E-state index is -1.67. The summed E-state index contributed by atoms with van der Waals surface area (Å²) in [6.07, 6.45) is 0. The van der Waals surface area contributed by atoms with Crippen LogP contribution in [0.15, 0.2) is 199 Å². The van der Waals surface area contributed by atoms with Crippen LogP contribution in [-0.4, -0.2) is 211 Å². The Morgan fingerprint density at radius 3 is 1.07 bits per heavy atom. The predicted octanol–water partition coefficient (Wildman–Crippen LogP) is 16.0. The van der Waals surface area contributed by atoms with Crippen molar-refractivity contribution in [2.45, 2.75) is 28.2 Å². The summed E-state index contributed by atoms with van der Waals surface area (Å²) in [6.45, 7) is 10.9. The van der Waals surface area contributed by atoms with Gasteiger partial charge in [-0.3, -0.25) is 9.59 Å². The summed E-state index contributed by atoms with van der Waals surface area (Å²) in [4.78, 5) is 39.3. The van der Waals surface area contributed by atoms with Crippen molar-refractivity contribution < 1.29 is 90.8 Å². The van der Waals surface area contributed by atoms with Gasteiger partial charge in [0.25, 0.3) is 11.1 Å². The molecule has 0 aliphatic carbocycles. The number of aromatic nitrogens is 1. The van der Waals surface area contributed by atoms with Crippen LogP contribution in [-0.2, 0) is 47.1 Å². The molecule has 0 bridgehead atoms. The van der Waals surface area contributed by atoms with E-state index in [1.807, 2.05) is 109 Å². The van der Waals surface area contributed by atoms with Crippen LogP contribution in [0.4, 0.5) is 11.4 Å². The van der Waals surface area contributed by atoms with Gasteiger partial charge in [0.1, 0.15) is 30.6 Å². The Bertz CT molecular complexity index is 2850. The number of hydrogen-bond acceptors (Lipinski definition) is 21. The molecule has 0 atom stereocenters. The molecular weight excluding hydrogens is 1450 g/mol. The number of oxazole rings is 1. The van der Waals surface area contributed by atoms with Gasteiger partial charge in [-0.25, -0.2) is 14.0 Å². The molecule has 7 aromatic carbocycles. The highest BCUT2D eigenvalue weighted by atomic mass is 36.0. The molecule has 29 heteroatoms. The van der Waals surface area contributed by atoms with Crippen molar-refractivity contribution >= 4 is 105 Å². The second-order valence-electron chi connectivity index (χ2n) is 16.9. The number of aromatic carboxylic acids is 1. The van der Waals surface area contributed by atoms with Gasteiger partial charge in [0.05, 0.1) is 36.5 Å². The molecule has 0 aliphatic rings. The number of nitrogen functional groups attached to an aromatic ring is 1. The number of methoxy groups -OCH3 is 10. The Hall–Kier alpha value is -6.86. The molecule has 0 saturated heterocycles. The van der Waals surface area contributed by atoms with Gasteiger partial charge in [0.15, 0.2) is 5.58 Å². The fourth-order valence-electron chi connectivity index (χ4n) is 5.83. The van der Waals surface area contributed by atoms with Gasteiger partial charge in [-0.05, 0) is 104 Å². The second-order valence-corrected chi connectivity index (χ2v) is 20.5. The van der Waals surface area contributed by atoms with Crippen LogP contribution in [0.2, 0.25) is 0 Å². The van der Waals surface area contributed by atoms with E-state index in [9.17, 15) is 14.4 Å². The summed E-state index contributed by atoms with van der Waals surface area (Å²) in [6, 6.07) is 58.5. The summed E-state index contributed by atoms with van der Waals surface area (Å²) in [5.74, 6) is 1.04. The van der Waals surface area contributed by atoms with Gasteiger partial charge in [-0.2, -0.15) is 0 Å². The summed E-state index contributed by atoms with van der Waals surface area (Å²) in [5, 5.41) is 32.0. The molecule has 23 nitrogen and oxygen atoms in total. The number of ether oxygens (including phenoxy) is 10. The Morgan fingerprint density at radius 1 is 0.490 bits per heavy atom. The number of carbonyl (C=O) groups excluding carboxylic acids is 2. The van der Waals surface area contributed by atoms with Gasteiger partial charge in [0.2, 0.25) is 15.1 Å². The fourth-order valence-corrected chi connectivity index (χ4v) is 5.96.